The van der Waals surface area contributed by atoms with E-state index in [1.807, 2.05) is 30.3 Å². The van der Waals surface area contributed by atoms with Gasteiger partial charge in [0.1, 0.15) is 5.69 Å². The van der Waals surface area contributed by atoms with E-state index < -0.39 is 5.91 Å². The Morgan fingerprint density at radius 3 is 2.38 bits per heavy atom. The molecule has 0 radical (unpaired) electrons. The van der Waals surface area contributed by atoms with E-state index in [9.17, 15) is 9.59 Å². The third-order valence-corrected chi connectivity index (χ3v) is 4.51. The maximum absolute atomic E-state index is 12.3. The van der Waals surface area contributed by atoms with Crippen LogP contribution in [-0.2, 0) is 11.2 Å². The topological polar surface area (TPSA) is 71.1 Å². The fourth-order valence-corrected chi connectivity index (χ4v) is 3.43. The summed E-state index contributed by atoms with van der Waals surface area (Å²) >= 11 is 13.0. The Kier molecular flexibility index (Phi) is 5.88. The molecule has 2 amide bonds. The minimum absolute atomic E-state index is 0.195. The zero-order valence-corrected chi connectivity index (χ0v) is 15.7. The molecule has 0 spiro atoms. The van der Waals surface area contributed by atoms with Crippen molar-refractivity contribution in [3.8, 4) is 0 Å². The van der Waals surface area contributed by atoms with Gasteiger partial charge in [-0.3, -0.25) is 9.59 Å². The maximum Gasteiger partial charge on any atom is 0.275 e. The lowest BCUT2D eigenvalue weighted by atomic mass is 10.1. The number of carbonyl (C=O) groups excluding carboxylic acids is 2. The lowest BCUT2D eigenvalue weighted by Gasteiger charge is -2.04. The van der Waals surface area contributed by atoms with Gasteiger partial charge in [-0.05, 0) is 23.8 Å². The van der Waals surface area contributed by atoms with Crippen molar-refractivity contribution in [3.63, 3.8) is 0 Å². The highest BCUT2D eigenvalue weighted by atomic mass is 35.5. The van der Waals surface area contributed by atoms with E-state index in [2.05, 4.69) is 15.6 Å². The zero-order chi connectivity index (χ0) is 18.5. The second-order valence-corrected chi connectivity index (χ2v) is 7.09. The van der Waals surface area contributed by atoms with Crippen LogP contribution >= 0.6 is 34.5 Å². The van der Waals surface area contributed by atoms with Crippen molar-refractivity contribution in [1.29, 1.82) is 0 Å². The molecule has 0 bridgehead atoms. The number of carbonyl (C=O) groups is 2. The number of benzene rings is 2. The van der Waals surface area contributed by atoms with E-state index in [0.29, 0.717) is 20.9 Å². The summed E-state index contributed by atoms with van der Waals surface area (Å²) in [4.78, 5) is 28.5. The third kappa shape index (κ3) is 5.05. The Morgan fingerprint density at radius 2 is 1.69 bits per heavy atom. The molecule has 8 heteroatoms. The van der Waals surface area contributed by atoms with Gasteiger partial charge in [0.25, 0.3) is 5.91 Å². The molecule has 1 heterocycles. The molecule has 0 atom stereocenters. The molecule has 0 unspecified atom stereocenters. The zero-order valence-electron chi connectivity index (χ0n) is 13.3. The largest absolute Gasteiger partial charge is 0.321 e. The standard InChI is InChI=1S/C18H13Cl2N3O2S/c19-12-7-13(20)9-14(8-12)21-17(25)15-10-26-18(22-15)23-16(24)6-11-4-2-1-3-5-11/h1-5,7-10H,6H2,(H,21,25)(H,22,23,24). The lowest BCUT2D eigenvalue weighted by Crippen LogP contribution is -2.15. The van der Waals surface area contributed by atoms with E-state index in [-0.39, 0.29) is 18.0 Å². The number of hydrogen-bond acceptors (Lipinski definition) is 4. The van der Waals surface area contributed by atoms with Gasteiger partial charge in [0.15, 0.2) is 5.13 Å². The first-order chi connectivity index (χ1) is 12.5. The molecule has 0 fully saturated rings. The van der Waals surface area contributed by atoms with E-state index in [1.54, 1.807) is 23.6 Å². The first-order valence-corrected chi connectivity index (χ1v) is 9.20. The Morgan fingerprint density at radius 1 is 1.00 bits per heavy atom. The highest BCUT2D eigenvalue weighted by Gasteiger charge is 2.13. The summed E-state index contributed by atoms with van der Waals surface area (Å²) in [5, 5.41) is 8.13. The fraction of sp³-hybridized carbons (Fsp3) is 0.0556. The van der Waals surface area contributed by atoms with Crippen molar-refractivity contribution < 1.29 is 9.59 Å². The monoisotopic (exact) mass is 405 g/mol. The number of rotatable bonds is 5. The molecule has 3 aromatic rings. The molecule has 2 N–H and O–H groups in total. The number of aromatic nitrogens is 1. The molecular weight excluding hydrogens is 393 g/mol. The average molecular weight is 406 g/mol. The van der Waals surface area contributed by atoms with Crippen LogP contribution in [0.15, 0.2) is 53.9 Å². The van der Waals surface area contributed by atoms with Crippen LogP contribution in [0.3, 0.4) is 0 Å². The molecule has 0 saturated carbocycles. The SMILES string of the molecule is O=C(Cc1ccccc1)Nc1nc(C(=O)Nc2cc(Cl)cc(Cl)c2)cs1. The van der Waals surface area contributed by atoms with Crippen LogP contribution in [0.2, 0.25) is 10.0 Å². The first-order valence-electron chi connectivity index (χ1n) is 7.56. The molecule has 3 rings (SSSR count). The quantitative estimate of drug-likeness (QED) is 0.634. The lowest BCUT2D eigenvalue weighted by molar-refractivity contribution is -0.115. The molecule has 0 saturated heterocycles. The van der Waals surface area contributed by atoms with Crippen LogP contribution < -0.4 is 10.6 Å². The van der Waals surface area contributed by atoms with Crippen molar-refractivity contribution in [3.05, 3.63) is 75.2 Å². The Bertz CT molecular complexity index is 924. The van der Waals surface area contributed by atoms with Crippen molar-refractivity contribution in [1.82, 2.24) is 4.98 Å². The summed E-state index contributed by atoms with van der Waals surface area (Å²) in [5.41, 5.74) is 1.56. The second kappa shape index (κ2) is 8.31. The van der Waals surface area contributed by atoms with E-state index >= 15 is 0 Å². The first kappa shape index (κ1) is 18.4. The smallest absolute Gasteiger partial charge is 0.275 e. The van der Waals surface area contributed by atoms with Crippen molar-refractivity contribution in [2.45, 2.75) is 6.42 Å². The van der Waals surface area contributed by atoms with Gasteiger partial charge >= 0.3 is 0 Å². The molecule has 132 valence electrons. The molecule has 0 aliphatic carbocycles. The fourth-order valence-electron chi connectivity index (χ4n) is 2.20. The van der Waals surface area contributed by atoms with Crippen LogP contribution in [0.5, 0.6) is 0 Å². The summed E-state index contributed by atoms with van der Waals surface area (Å²) in [6.07, 6.45) is 0.239. The number of nitrogens with zero attached hydrogens (tertiary/aromatic N) is 1. The Balaban J connectivity index is 1.61. The number of amides is 2. The van der Waals surface area contributed by atoms with Gasteiger partial charge < -0.3 is 10.6 Å². The predicted octanol–water partition coefficient (Wildman–Crippen LogP) is 4.88. The Labute approximate surface area is 164 Å². The van der Waals surface area contributed by atoms with Crippen LogP contribution in [0.4, 0.5) is 10.8 Å². The normalized spacial score (nSPS) is 10.4. The van der Waals surface area contributed by atoms with Gasteiger partial charge in [0, 0.05) is 21.1 Å². The van der Waals surface area contributed by atoms with Gasteiger partial charge in [-0.1, -0.05) is 53.5 Å². The van der Waals surface area contributed by atoms with Crippen molar-refractivity contribution in [2.24, 2.45) is 0 Å². The number of hydrogen-bond donors (Lipinski definition) is 2. The van der Waals surface area contributed by atoms with Crippen LogP contribution in [0.1, 0.15) is 16.1 Å². The van der Waals surface area contributed by atoms with Gasteiger partial charge in [-0.25, -0.2) is 4.98 Å². The second-order valence-electron chi connectivity index (χ2n) is 5.36. The van der Waals surface area contributed by atoms with E-state index in [4.69, 9.17) is 23.2 Å². The minimum Gasteiger partial charge on any atom is -0.321 e. The van der Waals surface area contributed by atoms with Gasteiger partial charge in [0.05, 0.1) is 6.42 Å². The molecule has 1 aromatic heterocycles. The van der Waals surface area contributed by atoms with Gasteiger partial charge in [-0.15, -0.1) is 11.3 Å². The average Bonchev–Trinajstić information content (AvgIpc) is 3.03. The van der Waals surface area contributed by atoms with E-state index in [0.717, 1.165) is 5.56 Å². The number of nitrogens with one attached hydrogen (secondary N) is 2. The minimum atomic E-state index is -0.414. The predicted molar refractivity (Wildman–Crippen MR) is 105 cm³/mol. The summed E-state index contributed by atoms with van der Waals surface area (Å²) in [7, 11) is 0. The number of thiazole rings is 1. The molecule has 5 nitrogen and oxygen atoms in total. The van der Waals surface area contributed by atoms with Crippen molar-refractivity contribution in [2.75, 3.05) is 10.6 Å². The van der Waals surface area contributed by atoms with Crippen LogP contribution in [0.25, 0.3) is 0 Å². The van der Waals surface area contributed by atoms with Gasteiger partial charge in [-0.2, -0.15) is 0 Å². The molecule has 2 aromatic carbocycles. The third-order valence-electron chi connectivity index (χ3n) is 3.31. The molecule has 0 aliphatic heterocycles. The van der Waals surface area contributed by atoms with E-state index in [1.165, 1.54) is 11.3 Å². The molecular formula is C18H13Cl2N3O2S. The number of halogens is 2. The highest BCUT2D eigenvalue weighted by molar-refractivity contribution is 7.14. The summed E-state index contributed by atoms with van der Waals surface area (Å²) in [6.45, 7) is 0. The maximum atomic E-state index is 12.3. The van der Waals surface area contributed by atoms with Gasteiger partial charge in [0.2, 0.25) is 5.91 Å². The van der Waals surface area contributed by atoms with Crippen LogP contribution in [0, 0.1) is 0 Å². The number of anilines is 2. The Hall–Kier alpha value is -2.41. The molecule has 26 heavy (non-hydrogen) atoms. The molecule has 0 aliphatic rings. The highest BCUT2D eigenvalue weighted by Crippen LogP contribution is 2.23. The summed E-state index contributed by atoms with van der Waals surface area (Å²) in [6, 6.07) is 14.1. The summed E-state index contributed by atoms with van der Waals surface area (Å²) < 4.78 is 0. The van der Waals surface area contributed by atoms with Crippen LogP contribution in [-0.4, -0.2) is 16.8 Å². The summed E-state index contributed by atoms with van der Waals surface area (Å²) in [5.74, 6) is -0.609. The van der Waals surface area contributed by atoms with Crippen molar-refractivity contribution >= 4 is 57.2 Å².